The van der Waals surface area contributed by atoms with Gasteiger partial charge in [-0.05, 0) is 25.1 Å². The van der Waals surface area contributed by atoms with Crippen LogP contribution in [0.1, 0.15) is 6.92 Å². The molecule has 22 heavy (non-hydrogen) atoms. The Hall–Kier alpha value is -2.38. The van der Waals surface area contributed by atoms with Gasteiger partial charge in [-0.1, -0.05) is 17.7 Å². The first-order valence-corrected chi connectivity index (χ1v) is 6.32. The van der Waals surface area contributed by atoms with Crippen molar-refractivity contribution in [1.29, 1.82) is 0 Å². The fraction of sp³-hybridized carbons (Fsp3) is 0.286. The molecule has 0 aliphatic carbocycles. The Balaban J connectivity index is 2.07. The summed E-state index contributed by atoms with van der Waals surface area (Å²) in [6.07, 6.45) is -6.56. The smallest absolute Gasteiger partial charge is 0.421 e. The first-order chi connectivity index (χ1) is 10.2. The van der Waals surface area contributed by atoms with Crippen molar-refractivity contribution < 1.29 is 27.0 Å². The number of allylic oxidation sites excluding steroid dienone is 2. The number of hydrogen-bond donors (Lipinski definition) is 0. The van der Waals surface area contributed by atoms with Gasteiger partial charge < -0.3 is 14.4 Å². The van der Waals surface area contributed by atoms with Gasteiger partial charge in [0.25, 0.3) is 0 Å². The Morgan fingerprint density at radius 3 is 2.50 bits per heavy atom. The third-order valence-electron chi connectivity index (χ3n) is 3.26. The molecule has 0 aromatic heterocycles. The number of rotatable bonds is 1. The minimum absolute atomic E-state index is 0.00822. The number of nitrogens with zero attached hydrogens (tertiary/aromatic N) is 2. The molecule has 0 N–H and O–H groups in total. The standard InChI is InChI=1S/C14H10F4N2O2/c1-8-5-6-11(19)20(7-8)9-3-2-4-10-12(9)22-14(17,18)13(15,16)21-10/h2-6H,7H2,1H3. The zero-order chi connectivity index (χ0) is 16.1. The van der Waals surface area contributed by atoms with Crippen LogP contribution in [0.3, 0.4) is 0 Å². The maximum absolute atomic E-state index is 13.4. The number of alkyl halides is 4. The second kappa shape index (κ2) is 4.56. The average Bonchev–Trinajstić information content (AvgIpc) is 2.42. The summed E-state index contributed by atoms with van der Waals surface area (Å²) in [5, 5.41) is 0. The van der Waals surface area contributed by atoms with Crippen molar-refractivity contribution in [3.63, 3.8) is 0 Å². The molecule has 0 saturated carbocycles. The van der Waals surface area contributed by atoms with E-state index in [-0.39, 0.29) is 18.1 Å². The van der Waals surface area contributed by atoms with Crippen molar-refractivity contribution in [2.75, 3.05) is 11.4 Å². The van der Waals surface area contributed by atoms with Gasteiger partial charge in [0.15, 0.2) is 17.3 Å². The third kappa shape index (κ3) is 2.15. The fourth-order valence-electron chi connectivity index (χ4n) is 2.18. The molecule has 0 unspecified atom stereocenters. The summed E-state index contributed by atoms with van der Waals surface area (Å²) in [6.45, 7) is 1.97. The molecular weight excluding hydrogens is 304 g/mol. The molecule has 0 atom stereocenters. The first-order valence-electron chi connectivity index (χ1n) is 6.32. The van der Waals surface area contributed by atoms with Crippen molar-refractivity contribution in [2.24, 2.45) is 0 Å². The van der Waals surface area contributed by atoms with E-state index in [1.54, 1.807) is 13.0 Å². The van der Waals surface area contributed by atoms with Crippen molar-refractivity contribution in [3.05, 3.63) is 41.7 Å². The third-order valence-corrected chi connectivity index (χ3v) is 3.26. The minimum atomic E-state index is -4.81. The van der Waals surface area contributed by atoms with E-state index in [2.05, 4.69) is 9.47 Å². The molecular formula is C14H10F4N2O2. The fourth-order valence-corrected chi connectivity index (χ4v) is 2.18. The summed E-state index contributed by atoms with van der Waals surface area (Å²) in [6, 6.07) is 3.80. The molecule has 0 fully saturated rings. The lowest BCUT2D eigenvalue weighted by Gasteiger charge is -2.35. The Morgan fingerprint density at radius 2 is 1.77 bits per heavy atom. The van der Waals surface area contributed by atoms with E-state index in [0.717, 1.165) is 11.6 Å². The van der Waals surface area contributed by atoms with Crippen LogP contribution in [0.4, 0.5) is 23.2 Å². The highest BCUT2D eigenvalue weighted by atomic mass is 19.3. The van der Waals surface area contributed by atoms with Gasteiger partial charge in [-0.3, -0.25) is 0 Å². The van der Waals surface area contributed by atoms with Crippen molar-refractivity contribution in [3.8, 4) is 11.5 Å². The summed E-state index contributed by atoms with van der Waals surface area (Å²) in [5.41, 5.74) is 10.7. The number of anilines is 1. The summed E-state index contributed by atoms with van der Waals surface area (Å²) in [7, 11) is 0. The normalized spacial score (nSPS) is 22.0. The molecule has 2 aliphatic heterocycles. The molecule has 116 valence electrons. The van der Waals surface area contributed by atoms with Gasteiger partial charge in [0.05, 0.1) is 5.69 Å². The number of benzene rings is 1. The maximum Gasteiger partial charge on any atom is 0.507 e. The molecule has 0 spiro atoms. The highest BCUT2D eigenvalue weighted by Crippen LogP contribution is 2.51. The van der Waals surface area contributed by atoms with Gasteiger partial charge in [-0.2, -0.15) is 17.6 Å². The van der Waals surface area contributed by atoms with E-state index in [1.165, 1.54) is 23.1 Å². The van der Waals surface area contributed by atoms with Crippen molar-refractivity contribution >= 4 is 5.69 Å². The molecule has 0 amide bonds. The van der Waals surface area contributed by atoms with Crippen LogP contribution >= 0.6 is 0 Å². The molecule has 3 rings (SSSR count). The Kier molecular flexibility index (Phi) is 3.01. The molecule has 1 aromatic rings. The molecule has 2 radical (unpaired) electrons. The summed E-state index contributed by atoms with van der Waals surface area (Å²) < 4.78 is 61.4. The second-order valence-electron chi connectivity index (χ2n) is 4.97. The second-order valence-corrected chi connectivity index (χ2v) is 4.97. The van der Waals surface area contributed by atoms with Crippen LogP contribution in [0.2, 0.25) is 0 Å². The Labute approximate surface area is 123 Å². The number of para-hydroxylation sites is 1. The summed E-state index contributed by atoms with van der Waals surface area (Å²) in [5.74, 6) is -1.29. The van der Waals surface area contributed by atoms with E-state index in [1.807, 2.05) is 0 Å². The van der Waals surface area contributed by atoms with Crippen LogP contribution in [0.5, 0.6) is 11.5 Å². The molecule has 0 bridgehead atoms. The predicted octanol–water partition coefficient (Wildman–Crippen LogP) is 3.32. The average molecular weight is 314 g/mol. The zero-order valence-corrected chi connectivity index (χ0v) is 11.3. The minimum Gasteiger partial charge on any atom is -0.421 e. The monoisotopic (exact) mass is 314 g/mol. The maximum atomic E-state index is 13.4. The van der Waals surface area contributed by atoms with Gasteiger partial charge in [-0.25, -0.2) is 0 Å². The van der Waals surface area contributed by atoms with Gasteiger partial charge in [0.2, 0.25) is 0 Å². The van der Waals surface area contributed by atoms with Crippen molar-refractivity contribution in [1.82, 2.24) is 5.73 Å². The van der Waals surface area contributed by atoms with E-state index < -0.39 is 23.7 Å². The number of fused-ring (bicyclic) bond motifs is 1. The van der Waals surface area contributed by atoms with Gasteiger partial charge in [0, 0.05) is 6.54 Å². The van der Waals surface area contributed by atoms with Crippen molar-refractivity contribution in [2.45, 2.75) is 19.1 Å². The highest BCUT2D eigenvalue weighted by molar-refractivity contribution is 5.69. The lowest BCUT2D eigenvalue weighted by atomic mass is 10.1. The molecule has 4 nitrogen and oxygen atoms in total. The Morgan fingerprint density at radius 1 is 1.09 bits per heavy atom. The van der Waals surface area contributed by atoms with Gasteiger partial charge >= 0.3 is 12.2 Å². The molecule has 8 heteroatoms. The number of halogens is 4. The molecule has 2 heterocycles. The Bertz CT molecular complexity index is 685. The van der Waals surface area contributed by atoms with Gasteiger partial charge in [0.1, 0.15) is 0 Å². The van der Waals surface area contributed by atoms with E-state index in [9.17, 15) is 23.3 Å². The van der Waals surface area contributed by atoms with E-state index in [4.69, 9.17) is 0 Å². The van der Waals surface area contributed by atoms with Crippen LogP contribution in [0, 0.1) is 0 Å². The lowest BCUT2D eigenvalue weighted by Crippen LogP contribution is -2.52. The number of hydrogen-bond acceptors (Lipinski definition) is 3. The predicted molar refractivity (Wildman–Crippen MR) is 68.9 cm³/mol. The largest absolute Gasteiger partial charge is 0.507 e. The van der Waals surface area contributed by atoms with Gasteiger partial charge in [-0.15, -0.1) is 5.73 Å². The highest BCUT2D eigenvalue weighted by Gasteiger charge is 2.66. The molecule has 0 saturated heterocycles. The van der Waals surface area contributed by atoms with Crippen LogP contribution in [0.25, 0.3) is 0 Å². The first kappa shape index (κ1) is 14.6. The van der Waals surface area contributed by atoms with E-state index >= 15 is 0 Å². The van der Waals surface area contributed by atoms with Crippen LogP contribution in [0.15, 0.2) is 41.7 Å². The molecule has 2 aliphatic rings. The van der Waals surface area contributed by atoms with E-state index in [0.29, 0.717) is 0 Å². The summed E-state index contributed by atoms with van der Waals surface area (Å²) >= 11 is 0. The topological polar surface area (TPSA) is 44.0 Å². The lowest BCUT2D eigenvalue weighted by molar-refractivity contribution is -0.391. The van der Waals surface area contributed by atoms with Crippen LogP contribution < -0.4 is 20.1 Å². The number of ether oxygens (including phenoxy) is 2. The summed E-state index contributed by atoms with van der Waals surface area (Å²) in [4.78, 5) is 1.26. The van der Waals surface area contributed by atoms with Crippen LogP contribution in [-0.4, -0.2) is 18.8 Å². The zero-order valence-electron chi connectivity index (χ0n) is 11.3. The molecule has 1 aromatic carbocycles. The van der Waals surface area contributed by atoms with Crippen LogP contribution in [-0.2, 0) is 0 Å². The quantitative estimate of drug-likeness (QED) is 0.747. The SMILES string of the molecule is CC1=CC=C([N])N(c2cccc3c2OC(F)(F)C(F)(F)O3)C1.